The van der Waals surface area contributed by atoms with Gasteiger partial charge in [0, 0.05) is 11.6 Å². The van der Waals surface area contributed by atoms with Crippen LogP contribution in [0.1, 0.15) is 11.1 Å². The van der Waals surface area contributed by atoms with Crippen LogP contribution in [0.3, 0.4) is 0 Å². The van der Waals surface area contributed by atoms with Gasteiger partial charge in [-0.25, -0.2) is 4.98 Å². The third-order valence-electron chi connectivity index (χ3n) is 3.04. The lowest BCUT2D eigenvalue weighted by Crippen LogP contribution is -2.00. The van der Waals surface area contributed by atoms with Crippen LogP contribution in [-0.4, -0.2) is 10.1 Å². The zero-order valence-corrected chi connectivity index (χ0v) is 10.0. The van der Waals surface area contributed by atoms with E-state index in [1.54, 1.807) is 19.1 Å². The summed E-state index contributed by atoms with van der Waals surface area (Å²) in [5.41, 5.74) is 3.20. The summed E-state index contributed by atoms with van der Waals surface area (Å²) >= 11 is 0. The van der Waals surface area contributed by atoms with Crippen molar-refractivity contribution in [3.05, 3.63) is 45.6 Å². The van der Waals surface area contributed by atoms with Crippen molar-refractivity contribution in [2.75, 3.05) is 0 Å². The molecule has 1 heterocycles. The first-order chi connectivity index (χ1) is 8.56. The number of aromatic nitrogens is 1. The molecule has 18 heavy (non-hydrogen) atoms. The van der Waals surface area contributed by atoms with Gasteiger partial charge < -0.3 is 9.52 Å². The zero-order chi connectivity index (χ0) is 12.9. The van der Waals surface area contributed by atoms with Gasteiger partial charge in [-0.15, -0.1) is 0 Å². The van der Waals surface area contributed by atoms with Crippen molar-refractivity contribution in [1.29, 1.82) is 0 Å². The molecule has 0 fully saturated rings. The first-order valence-corrected chi connectivity index (χ1v) is 5.60. The minimum absolute atomic E-state index is 0.123. The summed E-state index contributed by atoms with van der Waals surface area (Å²) < 4.78 is 5.70. The van der Waals surface area contributed by atoms with E-state index in [1.165, 1.54) is 12.1 Å². The molecule has 1 N–H and O–H groups in total. The fraction of sp³-hybridized carbons (Fsp3) is 0.143. The predicted octanol–water partition coefficient (Wildman–Crippen LogP) is 2.62. The first-order valence-electron chi connectivity index (χ1n) is 5.60. The molecule has 3 rings (SSSR count). The lowest BCUT2D eigenvalue weighted by molar-refractivity contribution is 0.469. The highest BCUT2D eigenvalue weighted by Crippen LogP contribution is 2.32. The van der Waals surface area contributed by atoms with Crippen molar-refractivity contribution < 1.29 is 9.52 Å². The van der Waals surface area contributed by atoms with Crippen molar-refractivity contribution >= 4 is 11.1 Å². The number of nitrogens with zero attached hydrogens (tertiary/aromatic N) is 1. The number of aryl methyl sites for hydroxylation is 2. The van der Waals surface area contributed by atoms with Crippen molar-refractivity contribution in [1.82, 2.24) is 4.98 Å². The number of fused-ring (bicyclic) bond motifs is 2. The summed E-state index contributed by atoms with van der Waals surface area (Å²) in [6.07, 6.45) is 0. The maximum Gasteiger partial charge on any atom is 0.182 e. The van der Waals surface area contributed by atoms with Crippen molar-refractivity contribution in [3.63, 3.8) is 0 Å². The Morgan fingerprint density at radius 3 is 2.78 bits per heavy atom. The van der Waals surface area contributed by atoms with Crippen LogP contribution < -0.4 is 5.43 Å². The van der Waals surface area contributed by atoms with Crippen LogP contribution in [0.25, 0.3) is 22.6 Å². The highest BCUT2D eigenvalue weighted by molar-refractivity contribution is 5.84. The second-order valence-electron chi connectivity index (χ2n) is 4.36. The van der Waals surface area contributed by atoms with Crippen molar-refractivity contribution in [2.24, 2.45) is 0 Å². The number of hydrogen-bond donors (Lipinski definition) is 1. The van der Waals surface area contributed by atoms with Crippen LogP contribution in [0.4, 0.5) is 0 Å². The largest absolute Gasteiger partial charge is 0.508 e. The van der Waals surface area contributed by atoms with Gasteiger partial charge in [0.2, 0.25) is 0 Å². The molecule has 0 atom stereocenters. The van der Waals surface area contributed by atoms with Crippen LogP contribution in [0, 0.1) is 13.8 Å². The Kier molecular flexibility index (Phi) is 2.13. The third-order valence-corrected chi connectivity index (χ3v) is 3.04. The molecule has 0 amide bonds. The van der Waals surface area contributed by atoms with E-state index in [0.717, 1.165) is 5.56 Å². The maximum atomic E-state index is 11.3. The van der Waals surface area contributed by atoms with Crippen LogP contribution in [0.5, 0.6) is 5.75 Å². The number of aromatic hydroxyl groups is 1. The molecule has 4 heteroatoms. The molecule has 0 unspecified atom stereocenters. The van der Waals surface area contributed by atoms with Crippen LogP contribution in [0.2, 0.25) is 0 Å². The number of phenolic OH excluding ortho intramolecular Hbond substituents is 1. The van der Waals surface area contributed by atoms with Gasteiger partial charge in [0.25, 0.3) is 0 Å². The number of hydrogen-bond acceptors (Lipinski definition) is 4. The summed E-state index contributed by atoms with van der Waals surface area (Å²) in [4.78, 5) is 15.8. The smallest absolute Gasteiger partial charge is 0.182 e. The standard InChI is InChI=1S/C14H11NO3/c1-7-5-11(17)8(2)14-13(7)15-10-4-3-9(16)6-12(10)18-14/h3-6,17H,1-2H3. The molecule has 1 aromatic rings. The van der Waals surface area contributed by atoms with Crippen LogP contribution in [-0.2, 0) is 0 Å². The predicted molar refractivity (Wildman–Crippen MR) is 68.0 cm³/mol. The monoisotopic (exact) mass is 241 g/mol. The van der Waals surface area contributed by atoms with E-state index >= 15 is 0 Å². The van der Waals surface area contributed by atoms with Gasteiger partial charge in [0.15, 0.2) is 16.8 Å². The second kappa shape index (κ2) is 3.57. The molecule has 0 bridgehead atoms. The van der Waals surface area contributed by atoms with Crippen molar-refractivity contribution in [2.45, 2.75) is 13.8 Å². The second-order valence-corrected chi connectivity index (χ2v) is 4.36. The van der Waals surface area contributed by atoms with E-state index < -0.39 is 0 Å². The number of rotatable bonds is 0. The first kappa shape index (κ1) is 10.8. The number of benzene rings is 2. The Hall–Kier alpha value is -2.36. The van der Waals surface area contributed by atoms with Gasteiger partial charge >= 0.3 is 0 Å². The zero-order valence-electron chi connectivity index (χ0n) is 10.0. The van der Waals surface area contributed by atoms with Gasteiger partial charge in [-0.1, -0.05) is 0 Å². The molecule has 4 nitrogen and oxygen atoms in total. The Bertz CT molecular complexity index is 789. The molecule has 2 aliphatic rings. The SMILES string of the molecule is Cc1cc(O)c(C)c2oc3cc(=O)ccc-3nc12. The fourth-order valence-electron chi connectivity index (χ4n) is 2.02. The summed E-state index contributed by atoms with van der Waals surface area (Å²) in [6, 6.07) is 6.16. The summed E-state index contributed by atoms with van der Waals surface area (Å²) in [5.74, 6) is 0.603. The molecule has 1 aliphatic carbocycles. The molecule has 0 spiro atoms. The molecule has 90 valence electrons. The Labute approximate surface area is 103 Å². The molecule has 1 aromatic carbocycles. The van der Waals surface area contributed by atoms with Gasteiger partial charge in [-0.3, -0.25) is 4.79 Å². The minimum Gasteiger partial charge on any atom is -0.508 e. The van der Waals surface area contributed by atoms with Gasteiger partial charge in [0.1, 0.15) is 17.0 Å². The molecule has 0 saturated heterocycles. The molecule has 0 aromatic heterocycles. The Morgan fingerprint density at radius 1 is 1.22 bits per heavy atom. The molecule has 1 aliphatic heterocycles. The Morgan fingerprint density at radius 2 is 2.00 bits per heavy atom. The molecule has 0 saturated carbocycles. The third kappa shape index (κ3) is 1.46. The molecular weight excluding hydrogens is 230 g/mol. The highest BCUT2D eigenvalue weighted by atomic mass is 16.3. The Balaban J connectivity index is 2.54. The van der Waals surface area contributed by atoms with E-state index in [1.807, 2.05) is 6.92 Å². The van der Waals surface area contributed by atoms with Gasteiger partial charge in [-0.05, 0) is 37.6 Å². The van der Waals surface area contributed by atoms with Gasteiger partial charge in [0.05, 0.1) is 0 Å². The van der Waals surface area contributed by atoms with E-state index in [9.17, 15) is 9.90 Å². The summed E-state index contributed by atoms with van der Waals surface area (Å²) in [5, 5.41) is 9.78. The fourth-order valence-corrected chi connectivity index (χ4v) is 2.02. The van der Waals surface area contributed by atoms with Crippen LogP contribution >= 0.6 is 0 Å². The highest BCUT2D eigenvalue weighted by Gasteiger charge is 2.14. The topological polar surface area (TPSA) is 63.3 Å². The van der Waals surface area contributed by atoms with E-state index in [2.05, 4.69) is 4.98 Å². The average molecular weight is 241 g/mol. The summed E-state index contributed by atoms with van der Waals surface area (Å²) in [6.45, 7) is 3.62. The number of phenols is 1. The average Bonchev–Trinajstić information content (AvgIpc) is 2.34. The lowest BCUT2D eigenvalue weighted by atomic mass is 10.1. The van der Waals surface area contributed by atoms with E-state index in [0.29, 0.717) is 28.1 Å². The van der Waals surface area contributed by atoms with Gasteiger partial charge in [-0.2, -0.15) is 0 Å². The minimum atomic E-state index is -0.123. The quantitative estimate of drug-likeness (QED) is 0.614. The summed E-state index contributed by atoms with van der Waals surface area (Å²) in [7, 11) is 0. The van der Waals surface area contributed by atoms with E-state index in [4.69, 9.17) is 4.42 Å². The van der Waals surface area contributed by atoms with E-state index in [-0.39, 0.29) is 11.2 Å². The molecular formula is C14H11NO3. The molecule has 0 radical (unpaired) electrons. The lowest BCUT2D eigenvalue weighted by Gasteiger charge is -2.10. The van der Waals surface area contributed by atoms with Crippen molar-refractivity contribution in [3.8, 4) is 17.2 Å². The normalized spacial score (nSPS) is 11.2. The van der Waals surface area contributed by atoms with Crippen LogP contribution in [0.15, 0.2) is 33.5 Å². The maximum absolute atomic E-state index is 11.3.